The van der Waals surface area contributed by atoms with Crippen molar-refractivity contribution in [3.8, 4) is 0 Å². The van der Waals surface area contributed by atoms with Gasteiger partial charge in [0, 0.05) is 31.1 Å². The van der Waals surface area contributed by atoms with Gasteiger partial charge in [-0.25, -0.2) is 4.39 Å². The number of carboxylic acid groups (broad SMARTS) is 1. The van der Waals surface area contributed by atoms with Gasteiger partial charge in [-0.15, -0.1) is 0 Å². The first-order valence-corrected chi connectivity index (χ1v) is 8.06. The van der Waals surface area contributed by atoms with Crippen LogP contribution in [0.5, 0.6) is 0 Å². The number of hydrogen-bond donors (Lipinski definition) is 1. The van der Waals surface area contributed by atoms with E-state index in [1.54, 1.807) is 6.07 Å². The van der Waals surface area contributed by atoms with Gasteiger partial charge in [-0.2, -0.15) is 0 Å². The van der Waals surface area contributed by atoms with Crippen molar-refractivity contribution in [2.24, 2.45) is 0 Å². The first-order valence-electron chi connectivity index (χ1n) is 8.06. The van der Waals surface area contributed by atoms with Crippen LogP contribution in [0.15, 0.2) is 18.2 Å². The van der Waals surface area contributed by atoms with E-state index in [2.05, 4.69) is 0 Å². The lowest BCUT2D eigenvalue weighted by Gasteiger charge is -2.30. The molecule has 7 heteroatoms. The number of carbonyl (C=O) groups excluding carboxylic acids is 2. The van der Waals surface area contributed by atoms with E-state index in [1.807, 2.05) is 0 Å². The monoisotopic (exact) mass is 334 g/mol. The van der Waals surface area contributed by atoms with Crippen LogP contribution in [0.25, 0.3) is 0 Å². The number of aryl methyl sites for hydroxylation is 1. The number of carboxylic acids is 1. The van der Waals surface area contributed by atoms with Gasteiger partial charge in [0.2, 0.25) is 11.8 Å². The van der Waals surface area contributed by atoms with Crippen molar-refractivity contribution in [3.05, 3.63) is 29.6 Å². The Balaban J connectivity index is 1.68. The molecule has 3 rings (SSSR count). The largest absolute Gasteiger partial charge is 0.480 e. The van der Waals surface area contributed by atoms with Gasteiger partial charge in [0.25, 0.3) is 0 Å². The summed E-state index contributed by atoms with van der Waals surface area (Å²) in [5.74, 6) is -1.74. The summed E-state index contributed by atoms with van der Waals surface area (Å²) in [5, 5.41) is 8.93. The maximum Gasteiger partial charge on any atom is 0.323 e. The second-order valence-electron chi connectivity index (χ2n) is 6.21. The van der Waals surface area contributed by atoms with Crippen molar-refractivity contribution in [3.63, 3.8) is 0 Å². The fraction of sp³-hybridized carbons (Fsp3) is 0.471. The Kier molecular flexibility index (Phi) is 4.51. The molecular weight excluding hydrogens is 315 g/mol. The number of fused-ring (bicyclic) bond motifs is 1. The lowest BCUT2D eigenvalue weighted by molar-refractivity contribution is -0.144. The highest BCUT2D eigenvalue weighted by molar-refractivity contribution is 5.97. The highest BCUT2D eigenvalue weighted by Crippen LogP contribution is 2.30. The highest BCUT2D eigenvalue weighted by atomic mass is 19.1. The molecule has 24 heavy (non-hydrogen) atoms. The van der Waals surface area contributed by atoms with Crippen LogP contribution in [0.3, 0.4) is 0 Å². The van der Waals surface area contributed by atoms with Crippen molar-refractivity contribution in [1.29, 1.82) is 0 Å². The first-order chi connectivity index (χ1) is 11.5. The number of rotatable bonds is 6. The minimum Gasteiger partial charge on any atom is -0.480 e. The number of aliphatic carboxylic acids is 1. The summed E-state index contributed by atoms with van der Waals surface area (Å²) in [6.45, 7) is -0.127. The lowest BCUT2D eigenvalue weighted by Crippen LogP contribution is -2.41. The van der Waals surface area contributed by atoms with Crippen molar-refractivity contribution < 1.29 is 23.9 Å². The van der Waals surface area contributed by atoms with E-state index in [0.717, 1.165) is 18.4 Å². The zero-order chi connectivity index (χ0) is 17.3. The molecule has 0 unspecified atom stereocenters. The molecule has 1 aliphatic heterocycles. The minimum absolute atomic E-state index is 0.00652. The maximum atomic E-state index is 13.3. The molecule has 1 heterocycles. The van der Waals surface area contributed by atoms with Crippen LogP contribution in [-0.4, -0.2) is 46.9 Å². The molecule has 0 aromatic heterocycles. The SMILES string of the molecule is O=C(O)CN(C(=O)CCN1C(=O)CCc2cc(F)ccc21)C1CC1. The Bertz CT molecular complexity index is 687. The molecule has 1 saturated carbocycles. The minimum atomic E-state index is -1.04. The Morgan fingerprint density at radius 3 is 2.71 bits per heavy atom. The van der Waals surface area contributed by atoms with Crippen LogP contribution >= 0.6 is 0 Å². The molecule has 128 valence electrons. The average molecular weight is 334 g/mol. The van der Waals surface area contributed by atoms with Gasteiger partial charge in [-0.3, -0.25) is 14.4 Å². The molecule has 6 nitrogen and oxygen atoms in total. The molecule has 0 atom stereocenters. The van der Waals surface area contributed by atoms with E-state index in [-0.39, 0.29) is 49.6 Å². The summed E-state index contributed by atoms with van der Waals surface area (Å²) in [6, 6.07) is 4.28. The molecule has 0 bridgehead atoms. The number of hydrogen-bond acceptors (Lipinski definition) is 3. The Morgan fingerprint density at radius 1 is 1.29 bits per heavy atom. The summed E-state index contributed by atoms with van der Waals surface area (Å²) in [4.78, 5) is 38.3. The normalized spacial score (nSPS) is 16.7. The molecule has 1 aromatic rings. The number of carbonyl (C=O) groups is 3. The number of anilines is 1. The van der Waals surface area contributed by atoms with Crippen molar-refractivity contribution in [2.45, 2.75) is 38.1 Å². The van der Waals surface area contributed by atoms with E-state index in [4.69, 9.17) is 5.11 Å². The highest BCUT2D eigenvalue weighted by Gasteiger charge is 2.34. The smallest absolute Gasteiger partial charge is 0.323 e. The van der Waals surface area contributed by atoms with Gasteiger partial charge < -0.3 is 14.9 Å². The number of benzene rings is 1. The maximum absolute atomic E-state index is 13.3. The van der Waals surface area contributed by atoms with E-state index >= 15 is 0 Å². The van der Waals surface area contributed by atoms with Crippen molar-refractivity contribution in [2.75, 3.05) is 18.0 Å². The van der Waals surface area contributed by atoms with Crippen molar-refractivity contribution >= 4 is 23.5 Å². The van der Waals surface area contributed by atoms with E-state index in [9.17, 15) is 18.8 Å². The van der Waals surface area contributed by atoms with Crippen LogP contribution in [0.4, 0.5) is 10.1 Å². The second kappa shape index (κ2) is 6.59. The van der Waals surface area contributed by atoms with Gasteiger partial charge in [0.15, 0.2) is 0 Å². The topological polar surface area (TPSA) is 77.9 Å². The van der Waals surface area contributed by atoms with Crippen molar-refractivity contribution in [1.82, 2.24) is 4.90 Å². The number of nitrogens with zero attached hydrogens (tertiary/aromatic N) is 2. The van der Waals surface area contributed by atoms with Gasteiger partial charge in [-0.05, 0) is 43.0 Å². The average Bonchev–Trinajstić information content (AvgIpc) is 3.36. The Morgan fingerprint density at radius 2 is 2.04 bits per heavy atom. The Hall–Kier alpha value is -2.44. The van der Waals surface area contributed by atoms with E-state index in [0.29, 0.717) is 12.1 Å². The predicted molar refractivity (Wildman–Crippen MR) is 84.1 cm³/mol. The molecule has 1 aromatic carbocycles. The molecule has 0 spiro atoms. The summed E-state index contributed by atoms with van der Waals surface area (Å²) in [5.41, 5.74) is 1.39. The number of amides is 2. The van der Waals surface area contributed by atoms with Gasteiger partial charge >= 0.3 is 5.97 Å². The molecular formula is C17H19FN2O4. The zero-order valence-corrected chi connectivity index (χ0v) is 13.2. The quantitative estimate of drug-likeness (QED) is 0.857. The lowest BCUT2D eigenvalue weighted by atomic mass is 10.0. The molecule has 2 amide bonds. The summed E-state index contributed by atoms with van der Waals surface area (Å²) in [6.07, 6.45) is 2.48. The Labute approximate surface area is 138 Å². The van der Waals surface area contributed by atoms with Crippen LogP contribution in [0.1, 0.15) is 31.2 Å². The van der Waals surface area contributed by atoms with Crippen LogP contribution in [-0.2, 0) is 20.8 Å². The van der Waals surface area contributed by atoms with Crippen LogP contribution < -0.4 is 4.90 Å². The summed E-state index contributed by atoms with van der Waals surface area (Å²) < 4.78 is 13.3. The fourth-order valence-corrected chi connectivity index (χ4v) is 3.08. The van der Waals surface area contributed by atoms with E-state index < -0.39 is 5.97 Å². The first kappa shape index (κ1) is 16.4. The number of halogens is 1. The van der Waals surface area contributed by atoms with E-state index in [1.165, 1.54) is 21.9 Å². The van der Waals surface area contributed by atoms with Crippen LogP contribution in [0.2, 0.25) is 0 Å². The third kappa shape index (κ3) is 3.55. The van der Waals surface area contributed by atoms with Crippen LogP contribution in [0, 0.1) is 5.82 Å². The predicted octanol–water partition coefficient (Wildman–Crippen LogP) is 1.57. The fourth-order valence-electron chi connectivity index (χ4n) is 3.08. The standard InChI is InChI=1S/C17H19FN2O4/c18-12-2-5-14-11(9-12)1-6-15(21)19(14)8-7-16(22)20(10-17(23)24)13-3-4-13/h2,5,9,13H,1,3-4,6-8,10H2,(H,23,24). The molecule has 1 fully saturated rings. The summed E-state index contributed by atoms with van der Waals surface area (Å²) in [7, 11) is 0. The second-order valence-corrected chi connectivity index (χ2v) is 6.21. The molecule has 1 aliphatic carbocycles. The third-order valence-electron chi connectivity index (χ3n) is 4.40. The molecule has 0 radical (unpaired) electrons. The zero-order valence-electron chi connectivity index (χ0n) is 13.2. The molecule has 2 aliphatic rings. The molecule has 0 saturated heterocycles. The van der Waals surface area contributed by atoms with Gasteiger partial charge in [0.05, 0.1) is 0 Å². The molecule has 1 N–H and O–H groups in total. The third-order valence-corrected chi connectivity index (χ3v) is 4.40. The summed E-state index contributed by atoms with van der Waals surface area (Å²) >= 11 is 0. The van der Waals surface area contributed by atoms with Gasteiger partial charge in [0.1, 0.15) is 12.4 Å². The van der Waals surface area contributed by atoms with Gasteiger partial charge in [-0.1, -0.05) is 0 Å².